The molecule has 2 amide bonds. The number of hydrogen-bond donors (Lipinski definition) is 3. The van der Waals surface area contributed by atoms with Crippen LogP contribution in [0.15, 0.2) is 0 Å². The molecule has 5 nitrogen and oxygen atoms in total. The molecule has 3 N–H and O–H groups in total. The Morgan fingerprint density at radius 2 is 2.17 bits per heavy atom. The number of rotatable bonds is 6. The number of aliphatic carboxylic acids is 1. The summed E-state index contributed by atoms with van der Waals surface area (Å²) < 4.78 is 0. The van der Waals surface area contributed by atoms with Crippen molar-refractivity contribution in [3.63, 3.8) is 0 Å². The Bertz CT molecular complexity index is 299. The minimum Gasteiger partial charge on any atom is -0.480 e. The number of urea groups is 1. The molecule has 0 saturated heterocycles. The molecule has 0 aliphatic heterocycles. The zero-order valence-corrected chi connectivity index (χ0v) is 11.8. The Kier molecular flexibility index (Phi) is 6.32. The summed E-state index contributed by atoms with van der Waals surface area (Å²) in [6, 6.07) is -0.964. The molecule has 0 aromatic rings. The van der Waals surface area contributed by atoms with Crippen molar-refractivity contribution in [3.8, 4) is 0 Å². The second-order valence-corrected chi connectivity index (χ2v) is 5.80. The molecule has 1 fully saturated rings. The van der Waals surface area contributed by atoms with Crippen LogP contribution < -0.4 is 10.6 Å². The Hall–Kier alpha value is -0.910. The van der Waals surface area contributed by atoms with E-state index in [0.29, 0.717) is 11.7 Å². The van der Waals surface area contributed by atoms with Crippen molar-refractivity contribution >= 4 is 23.8 Å². The average molecular weight is 274 g/mol. The van der Waals surface area contributed by atoms with Crippen molar-refractivity contribution in [3.05, 3.63) is 0 Å². The smallest absolute Gasteiger partial charge is 0.326 e. The number of thioether (sulfide) groups is 1. The molecule has 1 aliphatic carbocycles. The third-order valence-electron chi connectivity index (χ3n) is 3.23. The molecule has 6 heteroatoms. The van der Waals surface area contributed by atoms with Crippen LogP contribution in [0.4, 0.5) is 4.79 Å². The van der Waals surface area contributed by atoms with E-state index in [1.807, 2.05) is 18.7 Å². The summed E-state index contributed by atoms with van der Waals surface area (Å²) in [5.41, 5.74) is 0. The number of amides is 2. The maximum atomic E-state index is 11.7. The van der Waals surface area contributed by atoms with Crippen LogP contribution in [0.5, 0.6) is 0 Å². The van der Waals surface area contributed by atoms with Gasteiger partial charge < -0.3 is 15.7 Å². The molecular formula is C12H22N2O3S. The van der Waals surface area contributed by atoms with Crippen molar-refractivity contribution in [1.29, 1.82) is 0 Å². The van der Waals surface area contributed by atoms with Gasteiger partial charge in [0.15, 0.2) is 0 Å². The van der Waals surface area contributed by atoms with Gasteiger partial charge in [-0.15, -0.1) is 0 Å². The normalized spacial score (nSPS) is 24.6. The second kappa shape index (κ2) is 7.51. The fourth-order valence-corrected chi connectivity index (χ4v) is 3.01. The highest BCUT2D eigenvalue weighted by molar-refractivity contribution is 7.99. The van der Waals surface area contributed by atoms with Gasteiger partial charge in [0.2, 0.25) is 0 Å². The molecule has 1 saturated carbocycles. The van der Waals surface area contributed by atoms with E-state index in [0.717, 1.165) is 25.7 Å². The predicted octanol–water partition coefficient (Wildman–Crippen LogP) is 1.82. The number of nitrogens with one attached hydrogen (secondary N) is 2. The topological polar surface area (TPSA) is 78.4 Å². The number of carbonyl (C=O) groups excluding carboxylic acids is 1. The highest BCUT2D eigenvalue weighted by Gasteiger charge is 2.26. The summed E-state index contributed by atoms with van der Waals surface area (Å²) >= 11 is 1.82. The summed E-state index contributed by atoms with van der Waals surface area (Å²) in [6.07, 6.45) is 6.33. The molecule has 104 valence electrons. The van der Waals surface area contributed by atoms with E-state index >= 15 is 0 Å². The minimum absolute atomic E-state index is 0.179. The zero-order valence-electron chi connectivity index (χ0n) is 10.9. The molecule has 0 spiro atoms. The largest absolute Gasteiger partial charge is 0.480 e. The quantitative estimate of drug-likeness (QED) is 0.690. The first-order valence-corrected chi connectivity index (χ1v) is 7.68. The number of carbonyl (C=O) groups is 2. The van der Waals surface area contributed by atoms with Crippen LogP contribution >= 0.6 is 11.8 Å². The lowest BCUT2D eigenvalue weighted by atomic mass is 10.2. The van der Waals surface area contributed by atoms with Gasteiger partial charge in [0, 0.05) is 11.3 Å². The van der Waals surface area contributed by atoms with Gasteiger partial charge in [-0.3, -0.25) is 0 Å². The highest BCUT2D eigenvalue weighted by Crippen LogP contribution is 2.27. The maximum Gasteiger partial charge on any atom is 0.326 e. The van der Waals surface area contributed by atoms with Gasteiger partial charge in [-0.2, -0.15) is 11.8 Å². The molecule has 1 aliphatic rings. The van der Waals surface area contributed by atoms with Crippen molar-refractivity contribution in [2.75, 3.05) is 6.26 Å². The van der Waals surface area contributed by atoms with Gasteiger partial charge in [-0.05, 0) is 31.9 Å². The van der Waals surface area contributed by atoms with Crippen LogP contribution in [0.2, 0.25) is 0 Å². The molecule has 0 heterocycles. The van der Waals surface area contributed by atoms with E-state index in [1.165, 1.54) is 0 Å². The maximum absolute atomic E-state index is 11.7. The van der Waals surface area contributed by atoms with Gasteiger partial charge in [-0.25, -0.2) is 9.59 Å². The third kappa shape index (κ3) is 4.76. The molecule has 18 heavy (non-hydrogen) atoms. The molecule has 1 rings (SSSR count). The standard InChI is InChI=1S/C12H22N2O3S/c1-3-4-10(11(15)16)14-12(17)13-8-5-6-9(7-8)18-2/h8-10H,3-7H2,1-2H3,(H,15,16)(H2,13,14,17). The fourth-order valence-electron chi connectivity index (χ4n) is 2.22. The first kappa shape index (κ1) is 15.1. The zero-order chi connectivity index (χ0) is 13.5. The summed E-state index contributed by atoms with van der Waals surface area (Å²) in [4.78, 5) is 22.6. The van der Waals surface area contributed by atoms with E-state index in [1.54, 1.807) is 0 Å². The summed E-state index contributed by atoms with van der Waals surface area (Å²) in [6.45, 7) is 1.90. The second-order valence-electron chi connectivity index (χ2n) is 4.66. The van der Waals surface area contributed by atoms with Crippen molar-refractivity contribution < 1.29 is 14.7 Å². The predicted molar refractivity (Wildman–Crippen MR) is 72.9 cm³/mol. The highest BCUT2D eigenvalue weighted by atomic mass is 32.2. The van der Waals surface area contributed by atoms with Gasteiger partial charge in [0.25, 0.3) is 0 Å². The lowest BCUT2D eigenvalue weighted by molar-refractivity contribution is -0.139. The van der Waals surface area contributed by atoms with Crippen molar-refractivity contribution in [2.45, 2.75) is 56.4 Å². The van der Waals surface area contributed by atoms with E-state index in [-0.39, 0.29) is 12.1 Å². The van der Waals surface area contributed by atoms with Crippen LogP contribution in [-0.4, -0.2) is 40.7 Å². The third-order valence-corrected chi connectivity index (χ3v) is 4.33. The van der Waals surface area contributed by atoms with Crippen LogP contribution in [0, 0.1) is 0 Å². The van der Waals surface area contributed by atoms with E-state index < -0.39 is 12.0 Å². The number of hydrogen-bond acceptors (Lipinski definition) is 3. The van der Waals surface area contributed by atoms with E-state index in [4.69, 9.17) is 5.11 Å². The number of carboxylic acids is 1. The van der Waals surface area contributed by atoms with Crippen LogP contribution in [0.3, 0.4) is 0 Å². The number of carboxylic acid groups (broad SMARTS) is 1. The summed E-state index contributed by atoms with van der Waals surface area (Å²) in [5.74, 6) is -0.972. The van der Waals surface area contributed by atoms with Crippen molar-refractivity contribution in [1.82, 2.24) is 10.6 Å². The Morgan fingerprint density at radius 1 is 1.44 bits per heavy atom. The van der Waals surface area contributed by atoms with E-state index in [9.17, 15) is 9.59 Å². The van der Waals surface area contributed by atoms with Crippen molar-refractivity contribution in [2.24, 2.45) is 0 Å². The fraction of sp³-hybridized carbons (Fsp3) is 0.833. The molecule has 0 bridgehead atoms. The molecule has 0 radical (unpaired) electrons. The lowest BCUT2D eigenvalue weighted by Gasteiger charge is -2.17. The Balaban J connectivity index is 2.34. The van der Waals surface area contributed by atoms with Crippen LogP contribution in [0.1, 0.15) is 39.0 Å². The molecule has 3 unspecified atom stereocenters. The molecule has 0 aromatic carbocycles. The monoisotopic (exact) mass is 274 g/mol. The molecule has 0 aromatic heterocycles. The minimum atomic E-state index is -0.972. The van der Waals surface area contributed by atoms with Gasteiger partial charge in [0.1, 0.15) is 6.04 Å². The van der Waals surface area contributed by atoms with Gasteiger partial charge in [-0.1, -0.05) is 13.3 Å². The summed E-state index contributed by atoms with van der Waals surface area (Å²) in [5, 5.41) is 14.9. The molecular weight excluding hydrogens is 252 g/mol. The SMILES string of the molecule is CCCC(NC(=O)NC1CCC(SC)C1)C(=O)O. The molecule has 3 atom stereocenters. The average Bonchev–Trinajstić information content (AvgIpc) is 2.76. The van der Waals surface area contributed by atoms with E-state index in [2.05, 4.69) is 16.9 Å². The first-order valence-electron chi connectivity index (χ1n) is 6.39. The van der Waals surface area contributed by atoms with Crippen LogP contribution in [0.25, 0.3) is 0 Å². The lowest BCUT2D eigenvalue weighted by Crippen LogP contribution is -2.48. The Morgan fingerprint density at radius 3 is 2.67 bits per heavy atom. The summed E-state index contributed by atoms with van der Waals surface area (Å²) in [7, 11) is 0. The van der Waals surface area contributed by atoms with Gasteiger partial charge in [0.05, 0.1) is 0 Å². The first-order chi connectivity index (χ1) is 8.56. The Labute approximate surface area is 112 Å². The van der Waals surface area contributed by atoms with Crippen LogP contribution in [-0.2, 0) is 4.79 Å². The van der Waals surface area contributed by atoms with Gasteiger partial charge >= 0.3 is 12.0 Å².